The van der Waals surface area contributed by atoms with Gasteiger partial charge in [-0.15, -0.1) is 0 Å². The Kier molecular flexibility index (Phi) is 5.98. The van der Waals surface area contributed by atoms with E-state index in [4.69, 9.17) is 4.74 Å². The van der Waals surface area contributed by atoms with Crippen molar-refractivity contribution in [3.05, 3.63) is 50.6 Å². The summed E-state index contributed by atoms with van der Waals surface area (Å²) in [4.78, 5) is 23.9. The number of rotatable bonds is 7. The first-order valence-corrected chi connectivity index (χ1v) is 8.52. The molecule has 23 heavy (non-hydrogen) atoms. The van der Waals surface area contributed by atoms with Crippen LogP contribution in [0, 0.1) is 6.92 Å². The summed E-state index contributed by atoms with van der Waals surface area (Å²) in [6.07, 6.45) is 1.05. The van der Waals surface area contributed by atoms with Crippen LogP contribution in [-0.2, 0) is 11.3 Å². The molecule has 0 fully saturated rings. The number of nitrogens with zero attached hydrogens (tertiary/aromatic N) is 1. The number of carbonyl (C=O) groups excluding carboxylic acids is 1. The molecule has 1 amide bonds. The molecule has 1 N–H and O–H groups in total. The zero-order valence-corrected chi connectivity index (χ0v) is 14.5. The number of aryl methyl sites for hydroxylation is 1. The zero-order valence-electron chi connectivity index (χ0n) is 13.7. The Morgan fingerprint density at radius 2 is 2.13 bits per heavy atom. The summed E-state index contributed by atoms with van der Waals surface area (Å²) in [5, 5.41) is 4.84. The topological polar surface area (TPSA) is 60.3 Å². The van der Waals surface area contributed by atoms with Gasteiger partial charge >= 0.3 is 4.87 Å². The van der Waals surface area contributed by atoms with Crippen molar-refractivity contribution in [1.82, 2.24) is 9.88 Å². The van der Waals surface area contributed by atoms with Crippen molar-refractivity contribution in [3.63, 3.8) is 0 Å². The molecule has 124 valence electrons. The number of thiazole rings is 1. The van der Waals surface area contributed by atoms with E-state index in [2.05, 4.69) is 5.32 Å². The second-order valence-corrected chi connectivity index (χ2v) is 6.14. The van der Waals surface area contributed by atoms with E-state index in [9.17, 15) is 9.59 Å². The van der Waals surface area contributed by atoms with Gasteiger partial charge in [-0.2, -0.15) is 0 Å². The molecule has 0 saturated heterocycles. The van der Waals surface area contributed by atoms with Crippen LogP contribution in [0.4, 0.5) is 0 Å². The number of carbonyl (C=O) groups is 1. The van der Waals surface area contributed by atoms with Crippen LogP contribution in [0.2, 0.25) is 0 Å². The number of nitrogens with one attached hydrogen (secondary N) is 1. The van der Waals surface area contributed by atoms with Crippen LogP contribution in [0.25, 0.3) is 0 Å². The Balaban J connectivity index is 2.01. The summed E-state index contributed by atoms with van der Waals surface area (Å²) >= 11 is 1.16. The number of amides is 1. The highest BCUT2D eigenvalue weighted by atomic mass is 32.1. The summed E-state index contributed by atoms with van der Waals surface area (Å²) in [7, 11) is 1.62. The summed E-state index contributed by atoms with van der Waals surface area (Å²) < 4.78 is 7.00. The van der Waals surface area contributed by atoms with Gasteiger partial charge in [-0.3, -0.25) is 9.59 Å². The summed E-state index contributed by atoms with van der Waals surface area (Å²) in [6.45, 7) is 4.30. The summed E-state index contributed by atoms with van der Waals surface area (Å²) in [5.41, 5.74) is 1.86. The highest BCUT2D eigenvalue weighted by Gasteiger charge is 2.16. The number of hydrogen-bond acceptors (Lipinski definition) is 4. The van der Waals surface area contributed by atoms with Crippen LogP contribution < -0.4 is 14.9 Å². The van der Waals surface area contributed by atoms with Gasteiger partial charge < -0.3 is 14.6 Å². The molecule has 0 unspecified atom stereocenters. The van der Waals surface area contributed by atoms with Gasteiger partial charge in [0.1, 0.15) is 5.75 Å². The third kappa shape index (κ3) is 4.22. The van der Waals surface area contributed by atoms with Crippen LogP contribution >= 0.6 is 11.3 Å². The van der Waals surface area contributed by atoms with Crippen molar-refractivity contribution in [2.24, 2.45) is 0 Å². The van der Waals surface area contributed by atoms with Crippen LogP contribution in [0.1, 0.15) is 37.1 Å². The average Bonchev–Trinajstić information content (AvgIpc) is 2.89. The molecule has 0 aliphatic rings. The molecule has 2 rings (SSSR count). The molecule has 0 bridgehead atoms. The van der Waals surface area contributed by atoms with E-state index < -0.39 is 0 Å². The van der Waals surface area contributed by atoms with Gasteiger partial charge in [0, 0.05) is 29.6 Å². The first-order chi connectivity index (χ1) is 11.1. The molecule has 0 aliphatic carbocycles. The average molecular weight is 334 g/mol. The minimum absolute atomic E-state index is 0.0212. The first-order valence-electron chi connectivity index (χ1n) is 7.64. The fourth-order valence-electron chi connectivity index (χ4n) is 2.51. The third-order valence-corrected chi connectivity index (χ3v) is 4.68. The molecular weight excluding hydrogens is 312 g/mol. The van der Waals surface area contributed by atoms with E-state index in [1.165, 1.54) is 0 Å². The van der Waals surface area contributed by atoms with Gasteiger partial charge in [0.15, 0.2) is 0 Å². The lowest BCUT2D eigenvalue weighted by Gasteiger charge is -2.20. The number of para-hydroxylation sites is 1. The van der Waals surface area contributed by atoms with Crippen LogP contribution in [-0.4, -0.2) is 17.6 Å². The van der Waals surface area contributed by atoms with E-state index in [1.54, 1.807) is 11.7 Å². The van der Waals surface area contributed by atoms with Crippen LogP contribution in [0.15, 0.2) is 34.4 Å². The maximum Gasteiger partial charge on any atom is 0.307 e. The van der Waals surface area contributed by atoms with Crippen molar-refractivity contribution in [3.8, 4) is 5.75 Å². The molecular formula is C17H22N2O3S. The van der Waals surface area contributed by atoms with E-state index in [0.717, 1.165) is 34.8 Å². The Hall–Kier alpha value is -2.08. The van der Waals surface area contributed by atoms with Crippen molar-refractivity contribution >= 4 is 17.2 Å². The summed E-state index contributed by atoms with van der Waals surface area (Å²) in [6, 6.07) is 7.59. The maximum absolute atomic E-state index is 12.2. The Bertz CT molecular complexity index is 721. The second kappa shape index (κ2) is 7.97. The van der Waals surface area contributed by atoms with Crippen molar-refractivity contribution in [2.75, 3.05) is 7.11 Å². The maximum atomic E-state index is 12.2. The van der Waals surface area contributed by atoms with E-state index in [-0.39, 0.29) is 23.2 Å². The SMILES string of the molecule is CC[C@@H](NC(=O)CCn1c(C)csc1=O)c1ccccc1OC. The molecule has 0 aliphatic heterocycles. The third-order valence-electron chi connectivity index (χ3n) is 3.80. The molecule has 0 radical (unpaired) electrons. The molecule has 0 saturated carbocycles. The number of hydrogen-bond donors (Lipinski definition) is 1. The van der Waals surface area contributed by atoms with E-state index >= 15 is 0 Å². The number of methoxy groups -OCH3 is 1. The lowest BCUT2D eigenvalue weighted by molar-refractivity contribution is -0.122. The van der Waals surface area contributed by atoms with Gasteiger partial charge in [0.05, 0.1) is 13.2 Å². The zero-order chi connectivity index (χ0) is 16.8. The minimum Gasteiger partial charge on any atom is -0.496 e. The molecule has 1 aromatic carbocycles. The smallest absolute Gasteiger partial charge is 0.307 e. The highest BCUT2D eigenvalue weighted by Crippen LogP contribution is 2.26. The van der Waals surface area contributed by atoms with Crippen LogP contribution in [0.5, 0.6) is 5.75 Å². The molecule has 1 heterocycles. The predicted molar refractivity (Wildman–Crippen MR) is 92.1 cm³/mol. The lowest BCUT2D eigenvalue weighted by atomic mass is 10.0. The van der Waals surface area contributed by atoms with Crippen molar-refractivity contribution in [2.45, 2.75) is 39.3 Å². The van der Waals surface area contributed by atoms with Gasteiger partial charge in [-0.25, -0.2) is 0 Å². The Morgan fingerprint density at radius 1 is 1.39 bits per heavy atom. The standard InChI is InChI=1S/C17H22N2O3S/c1-4-14(13-7-5-6-8-15(13)22-3)18-16(20)9-10-19-12(2)11-23-17(19)21/h5-8,11,14H,4,9-10H2,1-3H3,(H,18,20)/t14-/m1/s1. The molecule has 0 spiro atoms. The van der Waals surface area contributed by atoms with Gasteiger partial charge in [-0.05, 0) is 19.4 Å². The fraction of sp³-hybridized carbons (Fsp3) is 0.412. The number of benzene rings is 1. The Morgan fingerprint density at radius 3 is 2.74 bits per heavy atom. The molecule has 6 heteroatoms. The molecule has 2 aromatic rings. The van der Waals surface area contributed by atoms with Gasteiger partial charge in [0.2, 0.25) is 5.91 Å². The first kappa shape index (κ1) is 17.3. The van der Waals surface area contributed by atoms with Gasteiger partial charge in [0.25, 0.3) is 0 Å². The van der Waals surface area contributed by atoms with E-state index in [1.807, 2.05) is 43.5 Å². The minimum atomic E-state index is -0.0982. The largest absolute Gasteiger partial charge is 0.496 e. The fourth-order valence-corrected chi connectivity index (χ4v) is 3.27. The highest BCUT2D eigenvalue weighted by molar-refractivity contribution is 7.07. The molecule has 5 nitrogen and oxygen atoms in total. The molecule has 1 aromatic heterocycles. The summed E-state index contributed by atoms with van der Waals surface area (Å²) in [5.74, 6) is 0.699. The normalized spacial score (nSPS) is 12.0. The quantitative estimate of drug-likeness (QED) is 0.847. The predicted octanol–water partition coefficient (Wildman–Crippen LogP) is 2.88. The second-order valence-electron chi connectivity index (χ2n) is 5.31. The Labute approximate surface area is 139 Å². The van der Waals surface area contributed by atoms with Crippen LogP contribution in [0.3, 0.4) is 0 Å². The van der Waals surface area contributed by atoms with Gasteiger partial charge in [-0.1, -0.05) is 36.5 Å². The monoisotopic (exact) mass is 334 g/mol. The lowest BCUT2D eigenvalue weighted by Crippen LogP contribution is -2.30. The van der Waals surface area contributed by atoms with Crippen molar-refractivity contribution in [1.29, 1.82) is 0 Å². The van der Waals surface area contributed by atoms with E-state index in [0.29, 0.717) is 6.54 Å². The number of ether oxygens (including phenoxy) is 1. The van der Waals surface area contributed by atoms with Crippen molar-refractivity contribution < 1.29 is 9.53 Å². The molecule has 1 atom stereocenters. The number of aromatic nitrogens is 1.